The topological polar surface area (TPSA) is 61.9 Å². The summed E-state index contributed by atoms with van der Waals surface area (Å²) in [5, 5.41) is 0.522. The van der Waals surface area contributed by atoms with E-state index in [1.54, 1.807) is 6.20 Å². The van der Waals surface area contributed by atoms with Crippen LogP contribution in [0, 0.1) is 0 Å². The number of fused-ring (bicyclic) bond motifs is 1. The van der Waals surface area contributed by atoms with E-state index in [1.165, 1.54) is 0 Å². The fraction of sp³-hybridized carbons (Fsp3) is 0.471. The van der Waals surface area contributed by atoms with Gasteiger partial charge in [0.1, 0.15) is 11.0 Å². The summed E-state index contributed by atoms with van der Waals surface area (Å²) >= 11 is 6.13. The molecule has 0 atom stereocenters. The van der Waals surface area contributed by atoms with Crippen LogP contribution in [0.25, 0.3) is 0 Å². The lowest BCUT2D eigenvalue weighted by molar-refractivity contribution is 0.240. The number of H-pyrrole nitrogens is 1. The molecule has 2 aromatic heterocycles. The van der Waals surface area contributed by atoms with Crippen LogP contribution >= 0.6 is 11.6 Å². The van der Waals surface area contributed by atoms with Gasteiger partial charge in [0.25, 0.3) is 5.56 Å². The number of aromatic amines is 1. The molecule has 6 heteroatoms. The molecule has 0 amide bonds. The SMILES string of the molecule is CC(C)(C)c1nc2c(c(=O)[nH]1)CN(Cc1cccnc1Cl)CC2. The molecular formula is C17H21ClN4O. The van der Waals surface area contributed by atoms with E-state index in [0.29, 0.717) is 18.2 Å². The van der Waals surface area contributed by atoms with Crippen molar-refractivity contribution in [3.05, 3.63) is 56.5 Å². The number of nitrogens with one attached hydrogen (secondary N) is 1. The highest BCUT2D eigenvalue weighted by Gasteiger charge is 2.25. The Bertz CT molecular complexity index is 779. The van der Waals surface area contributed by atoms with Crippen LogP contribution in [0.4, 0.5) is 0 Å². The zero-order valence-corrected chi connectivity index (χ0v) is 14.4. The van der Waals surface area contributed by atoms with Crippen LogP contribution in [0.1, 0.15) is 43.4 Å². The van der Waals surface area contributed by atoms with Gasteiger partial charge in [-0.15, -0.1) is 0 Å². The van der Waals surface area contributed by atoms with Gasteiger partial charge in [-0.2, -0.15) is 0 Å². The van der Waals surface area contributed by atoms with Crippen molar-refractivity contribution in [3.63, 3.8) is 0 Å². The maximum Gasteiger partial charge on any atom is 0.255 e. The third-order valence-corrected chi connectivity index (χ3v) is 4.43. The van der Waals surface area contributed by atoms with Crippen molar-refractivity contribution in [3.8, 4) is 0 Å². The van der Waals surface area contributed by atoms with Crippen molar-refractivity contribution in [2.45, 2.75) is 45.7 Å². The standard InChI is InChI=1S/C17H21ClN4O/c1-17(2,3)16-20-13-6-8-22(10-12(13)15(23)21-16)9-11-5-4-7-19-14(11)18/h4-5,7H,6,8-10H2,1-3H3,(H,20,21,23). The second kappa shape index (κ2) is 6.06. The summed E-state index contributed by atoms with van der Waals surface area (Å²) in [5.74, 6) is 0.755. The van der Waals surface area contributed by atoms with E-state index >= 15 is 0 Å². The summed E-state index contributed by atoms with van der Waals surface area (Å²) in [7, 11) is 0. The molecule has 0 fully saturated rings. The van der Waals surface area contributed by atoms with Gasteiger partial charge in [-0.25, -0.2) is 9.97 Å². The molecule has 0 saturated carbocycles. The van der Waals surface area contributed by atoms with Crippen LogP contribution in [0.3, 0.4) is 0 Å². The molecular weight excluding hydrogens is 312 g/mol. The highest BCUT2D eigenvalue weighted by molar-refractivity contribution is 6.30. The quantitative estimate of drug-likeness (QED) is 0.859. The molecule has 23 heavy (non-hydrogen) atoms. The smallest absolute Gasteiger partial charge is 0.255 e. The molecule has 1 aliphatic heterocycles. The molecule has 3 rings (SSSR count). The Hall–Kier alpha value is -1.72. The highest BCUT2D eigenvalue weighted by atomic mass is 35.5. The third-order valence-electron chi connectivity index (χ3n) is 4.09. The number of halogens is 1. The highest BCUT2D eigenvalue weighted by Crippen LogP contribution is 2.22. The first-order chi connectivity index (χ1) is 10.8. The Morgan fingerprint density at radius 3 is 2.87 bits per heavy atom. The molecule has 2 aromatic rings. The second-order valence-electron chi connectivity index (χ2n) is 7.00. The van der Waals surface area contributed by atoms with Gasteiger partial charge in [0.15, 0.2) is 0 Å². The summed E-state index contributed by atoms with van der Waals surface area (Å²) in [6, 6.07) is 3.85. The Kier molecular flexibility index (Phi) is 4.25. The van der Waals surface area contributed by atoms with Gasteiger partial charge >= 0.3 is 0 Å². The number of hydrogen-bond donors (Lipinski definition) is 1. The number of aromatic nitrogens is 3. The molecule has 5 nitrogen and oxygen atoms in total. The molecule has 1 N–H and O–H groups in total. The minimum absolute atomic E-state index is 0.0260. The maximum absolute atomic E-state index is 12.4. The summed E-state index contributed by atoms with van der Waals surface area (Å²) in [6.45, 7) is 8.30. The molecule has 0 aromatic carbocycles. The van der Waals surface area contributed by atoms with Crippen molar-refractivity contribution in [2.75, 3.05) is 6.54 Å². The Balaban J connectivity index is 1.84. The van der Waals surface area contributed by atoms with Crippen LogP contribution in [0.15, 0.2) is 23.1 Å². The summed E-state index contributed by atoms with van der Waals surface area (Å²) in [4.78, 5) is 26.4. The van der Waals surface area contributed by atoms with E-state index in [9.17, 15) is 4.79 Å². The van der Waals surface area contributed by atoms with Gasteiger partial charge in [-0.05, 0) is 6.07 Å². The molecule has 0 spiro atoms. The number of hydrogen-bond acceptors (Lipinski definition) is 4. The summed E-state index contributed by atoms with van der Waals surface area (Å²) < 4.78 is 0. The predicted molar refractivity (Wildman–Crippen MR) is 90.6 cm³/mol. The van der Waals surface area contributed by atoms with Crippen LogP contribution in [0.5, 0.6) is 0 Å². The lowest BCUT2D eigenvalue weighted by Crippen LogP contribution is -2.37. The van der Waals surface area contributed by atoms with Gasteiger partial charge in [0.2, 0.25) is 0 Å². The largest absolute Gasteiger partial charge is 0.310 e. The van der Waals surface area contributed by atoms with Crippen LogP contribution in [0.2, 0.25) is 5.15 Å². The molecule has 1 aliphatic rings. The molecule has 0 saturated heterocycles. The van der Waals surface area contributed by atoms with Crippen LogP contribution in [-0.2, 0) is 24.9 Å². The van der Waals surface area contributed by atoms with E-state index < -0.39 is 0 Å². The van der Waals surface area contributed by atoms with E-state index in [0.717, 1.165) is 35.6 Å². The third kappa shape index (κ3) is 3.46. The van der Waals surface area contributed by atoms with Gasteiger partial charge < -0.3 is 4.98 Å². The predicted octanol–water partition coefficient (Wildman–Crippen LogP) is 2.67. The van der Waals surface area contributed by atoms with Crippen molar-refractivity contribution >= 4 is 11.6 Å². The first-order valence-electron chi connectivity index (χ1n) is 7.79. The normalized spacial score (nSPS) is 15.5. The van der Waals surface area contributed by atoms with Gasteiger partial charge in [0.05, 0.1) is 11.3 Å². The van der Waals surface area contributed by atoms with Crippen molar-refractivity contribution in [2.24, 2.45) is 0 Å². The van der Waals surface area contributed by atoms with Gasteiger partial charge in [0, 0.05) is 43.2 Å². The van der Waals surface area contributed by atoms with E-state index in [4.69, 9.17) is 11.6 Å². The zero-order chi connectivity index (χ0) is 16.6. The fourth-order valence-corrected chi connectivity index (χ4v) is 2.93. The van der Waals surface area contributed by atoms with Crippen molar-refractivity contribution in [1.82, 2.24) is 19.9 Å². The Morgan fingerprint density at radius 1 is 1.39 bits per heavy atom. The lowest BCUT2D eigenvalue weighted by atomic mass is 9.95. The lowest BCUT2D eigenvalue weighted by Gasteiger charge is -2.29. The number of nitrogens with zero attached hydrogens (tertiary/aromatic N) is 3. The zero-order valence-electron chi connectivity index (χ0n) is 13.7. The van der Waals surface area contributed by atoms with Gasteiger partial charge in [-0.1, -0.05) is 38.4 Å². The average Bonchev–Trinajstić information content (AvgIpc) is 2.49. The van der Waals surface area contributed by atoms with E-state index in [2.05, 4.69) is 40.6 Å². The van der Waals surface area contributed by atoms with Crippen molar-refractivity contribution < 1.29 is 0 Å². The summed E-state index contributed by atoms with van der Waals surface area (Å²) in [6.07, 6.45) is 2.46. The average molecular weight is 333 g/mol. The fourth-order valence-electron chi connectivity index (χ4n) is 2.75. The second-order valence-corrected chi connectivity index (χ2v) is 7.36. The Labute approximate surface area is 140 Å². The van der Waals surface area contributed by atoms with Crippen LogP contribution < -0.4 is 5.56 Å². The van der Waals surface area contributed by atoms with E-state index in [1.807, 2.05) is 12.1 Å². The monoisotopic (exact) mass is 332 g/mol. The maximum atomic E-state index is 12.4. The molecule has 0 aliphatic carbocycles. The van der Waals surface area contributed by atoms with Crippen LogP contribution in [-0.4, -0.2) is 26.4 Å². The number of rotatable bonds is 2. The van der Waals surface area contributed by atoms with E-state index in [-0.39, 0.29) is 11.0 Å². The van der Waals surface area contributed by atoms with Crippen molar-refractivity contribution in [1.29, 1.82) is 0 Å². The molecule has 0 radical (unpaired) electrons. The first kappa shape index (κ1) is 16.1. The first-order valence-corrected chi connectivity index (χ1v) is 8.16. The van der Waals surface area contributed by atoms with Gasteiger partial charge in [-0.3, -0.25) is 9.69 Å². The number of pyridine rings is 1. The Morgan fingerprint density at radius 2 is 2.17 bits per heavy atom. The minimum atomic E-state index is -0.158. The molecule has 0 unspecified atom stereocenters. The molecule has 122 valence electrons. The minimum Gasteiger partial charge on any atom is -0.310 e. The molecule has 3 heterocycles. The molecule has 0 bridgehead atoms. The summed E-state index contributed by atoms with van der Waals surface area (Å²) in [5.41, 5.74) is 2.49.